The summed E-state index contributed by atoms with van der Waals surface area (Å²) in [4.78, 5) is 25.8. The second-order valence-corrected chi connectivity index (χ2v) is 5.51. The minimum atomic E-state index is -0.943. The first-order valence-corrected chi connectivity index (χ1v) is 7.01. The molecule has 0 bridgehead atoms. The molecule has 0 unspecified atom stereocenters. The number of carbonyl (C=O) groups is 2. The van der Waals surface area contributed by atoms with Crippen molar-refractivity contribution >= 4 is 23.6 Å². The molecule has 0 aromatic heterocycles. The van der Waals surface area contributed by atoms with E-state index < -0.39 is 5.97 Å². The van der Waals surface area contributed by atoms with Gasteiger partial charge in [0.05, 0.1) is 6.54 Å². The molecule has 1 aliphatic rings. The zero-order valence-corrected chi connectivity index (χ0v) is 11.2. The molecule has 0 radical (unpaired) electrons. The number of hydrogen-bond acceptors (Lipinski definition) is 4. The average Bonchev–Trinajstić information content (AvgIpc) is 2.28. The molecule has 1 heterocycles. The fourth-order valence-corrected chi connectivity index (χ4v) is 2.61. The lowest BCUT2D eigenvalue weighted by molar-refractivity contribution is -0.147. The van der Waals surface area contributed by atoms with Crippen LogP contribution in [0.5, 0.6) is 0 Å². The van der Waals surface area contributed by atoms with Gasteiger partial charge in [-0.15, -0.1) is 0 Å². The van der Waals surface area contributed by atoms with Crippen LogP contribution < -0.4 is 0 Å². The maximum absolute atomic E-state index is 11.7. The monoisotopic (exact) mass is 260 g/mol. The lowest BCUT2D eigenvalue weighted by Gasteiger charge is -2.36. The molecule has 1 N–H and O–H groups in total. The summed E-state index contributed by atoms with van der Waals surface area (Å²) in [7, 11) is 0. The van der Waals surface area contributed by atoms with Crippen molar-refractivity contribution in [3.8, 4) is 0 Å². The van der Waals surface area contributed by atoms with E-state index in [1.807, 2.05) is 11.8 Å². The first kappa shape index (κ1) is 14.3. The Morgan fingerprint density at radius 3 is 2.76 bits per heavy atom. The van der Waals surface area contributed by atoms with E-state index in [1.54, 1.807) is 0 Å². The topological polar surface area (TPSA) is 60.9 Å². The molecule has 1 rings (SSSR count). The lowest BCUT2D eigenvalue weighted by Crippen LogP contribution is -2.54. The molecule has 6 heteroatoms. The maximum Gasteiger partial charge on any atom is 0.323 e. The SMILES string of the molecule is CCSC[C@H](C)N1CCN(CC(=O)O)C(=O)C1. The summed E-state index contributed by atoms with van der Waals surface area (Å²) in [5, 5.41) is 8.66. The quantitative estimate of drug-likeness (QED) is 0.747. The number of aliphatic carboxylic acids is 1. The van der Waals surface area contributed by atoms with Crippen LogP contribution in [-0.4, -0.2) is 70.5 Å². The van der Waals surface area contributed by atoms with E-state index in [2.05, 4.69) is 18.7 Å². The van der Waals surface area contributed by atoms with Gasteiger partial charge in [0.2, 0.25) is 5.91 Å². The van der Waals surface area contributed by atoms with Gasteiger partial charge in [-0.1, -0.05) is 6.92 Å². The summed E-state index contributed by atoms with van der Waals surface area (Å²) in [5.41, 5.74) is 0. The fraction of sp³-hybridized carbons (Fsp3) is 0.818. The van der Waals surface area contributed by atoms with Gasteiger partial charge < -0.3 is 10.0 Å². The molecule has 0 spiro atoms. The number of carboxylic acid groups (broad SMARTS) is 1. The summed E-state index contributed by atoms with van der Waals surface area (Å²) < 4.78 is 0. The Labute approximate surface area is 106 Å². The Hall–Kier alpha value is -0.750. The van der Waals surface area contributed by atoms with Crippen LogP contribution in [0.4, 0.5) is 0 Å². The molecule has 98 valence electrons. The maximum atomic E-state index is 11.7. The van der Waals surface area contributed by atoms with E-state index in [4.69, 9.17) is 5.11 Å². The van der Waals surface area contributed by atoms with Crippen molar-refractivity contribution in [2.75, 3.05) is 37.7 Å². The Morgan fingerprint density at radius 1 is 1.53 bits per heavy atom. The second kappa shape index (κ2) is 6.86. The minimum absolute atomic E-state index is 0.0769. The van der Waals surface area contributed by atoms with Gasteiger partial charge in [-0.2, -0.15) is 11.8 Å². The van der Waals surface area contributed by atoms with Gasteiger partial charge in [-0.25, -0.2) is 0 Å². The van der Waals surface area contributed by atoms with Gasteiger partial charge in [0.25, 0.3) is 0 Å². The van der Waals surface area contributed by atoms with Crippen LogP contribution in [0.3, 0.4) is 0 Å². The molecule has 1 fully saturated rings. The minimum Gasteiger partial charge on any atom is -0.480 e. The van der Waals surface area contributed by atoms with Gasteiger partial charge in [-0.3, -0.25) is 14.5 Å². The van der Waals surface area contributed by atoms with Crippen LogP contribution in [0, 0.1) is 0 Å². The Kier molecular flexibility index (Phi) is 5.77. The first-order chi connectivity index (χ1) is 8.04. The van der Waals surface area contributed by atoms with E-state index in [-0.39, 0.29) is 12.5 Å². The summed E-state index contributed by atoms with van der Waals surface area (Å²) in [6.07, 6.45) is 0. The summed E-state index contributed by atoms with van der Waals surface area (Å²) in [6, 6.07) is 0.371. The third-order valence-electron chi connectivity index (χ3n) is 2.86. The number of hydrogen-bond donors (Lipinski definition) is 1. The predicted molar refractivity (Wildman–Crippen MR) is 68.2 cm³/mol. The van der Waals surface area contributed by atoms with Gasteiger partial charge >= 0.3 is 5.97 Å². The number of rotatable bonds is 6. The second-order valence-electron chi connectivity index (χ2n) is 4.19. The highest BCUT2D eigenvalue weighted by molar-refractivity contribution is 7.99. The highest BCUT2D eigenvalue weighted by Gasteiger charge is 2.27. The molecule has 17 heavy (non-hydrogen) atoms. The van der Waals surface area contributed by atoms with Crippen LogP contribution in [0.25, 0.3) is 0 Å². The Morgan fingerprint density at radius 2 is 2.24 bits per heavy atom. The smallest absolute Gasteiger partial charge is 0.323 e. The highest BCUT2D eigenvalue weighted by atomic mass is 32.2. The number of piperazine rings is 1. The van der Waals surface area contributed by atoms with Crippen molar-refractivity contribution in [2.24, 2.45) is 0 Å². The number of carboxylic acids is 1. The third-order valence-corrected chi connectivity index (χ3v) is 3.99. The van der Waals surface area contributed by atoms with E-state index in [0.717, 1.165) is 18.1 Å². The fourth-order valence-electron chi connectivity index (χ4n) is 1.83. The summed E-state index contributed by atoms with van der Waals surface area (Å²) in [6.45, 7) is 5.69. The highest BCUT2D eigenvalue weighted by Crippen LogP contribution is 2.12. The van der Waals surface area contributed by atoms with E-state index in [9.17, 15) is 9.59 Å². The zero-order valence-electron chi connectivity index (χ0n) is 10.4. The van der Waals surface area contributed by atoms with Gasteiger partial charge in [0, 0.05) is 24.9 Å². The largest absolute Gasteiger partial charge is 0.480 e. The van der Waals surface area contributed by atoms with Gasteiger partial charge in [-0.05, 0) is 12.7 Å². The molecule has 0 aromatic carbocycles. The van der Waals surface area contributed by atoms with E-state index >= 15 is 0 Å². The molecular weight excluding hydrogens is 240 g/mol. The number of nitrogens with zero attached hydrogens (tertiary/aromatic N) is 2. The van der Waals surface area contributed by atoms with Crippen molar-refractivity contribution in [1.29, 1.82) is 0 Å². The van der Waals surface area contributed by atoms with E-state index in [0.29, 0.717) is 19.1 Å². The molecule has 5 nitrogen and oxygen atoms in total. The van der Waals surface area contributed by atoms with Gasteiger partial charge in [0.1, 0.15) is 6.54 Å². The van der Waals surface area contributed by atoms with Gasteiger partial charge in [0.15, 0.2) is 0 Å². The molecule has 1 aliphatic heterocycles. The van der Waals surface area contributed by atoms with Crippen LogP contribution in [0.1, 0.15) is 13.8 Å². The number of carbonyl (C=O) groups excluding carboxylic acids is 1. The number of thioether (sulfide) groups is 1. The molecular formula is C11H20N2O3S. The van der Waals surface area contributed by atoms with Crippen molar-refractivity contribution in [2.45, 2.75) is 19.9 Å². The summed E-state index contributed by atoms with van der Waals surface area (Å²) >= 11 is 1.86. The average molecular weight is 260 g/mol. The van der Waals surface area contributed by atoms with Crippen LogP contribution in [0.15, 0.2) is 0 Å². The molecule has 0 aromatic rings. The Bertz CT molecular complexity index is 286. The van der Waals surface area contributed by atoms with Crippen LogP contribution in [0.2, 0.25) is 0 Å². The zero-order chi connectivity index (χ0) is 12.8. The number of amides is 1. The first-order valence-electron chi connectivity index (χ1n) is 5.86. The molecule has 1 saturated heterocycles. The van der Waals surface area contributed by atoms with Crippen molar-refractivity contribution < 1.29 is 14.7 Å². The molecule has 0 aliphatic carbocycles. The lowest BCUT2D eigenvalue weighted by atomic mass is 10.2. The molecule has 1 atom stereocenters. The van der Waals surface area contributed by atoms with Crippen LogP contribution in [-0.2, 0) is 9.59 Å². The normalized spacial score (nSPS) is 19.4. The van der Waals surface area contributed by atoms with Crippen molar-refractivity contribution in [3.63, 3.8) is 0 Å². The summed E-state index contributed by atoms with van der Waals surface area (Å²) in [5.74, 6) is 1.08. The standard InChI is InChI=1S/C11H20N2O3S/c1-3-17-8-9(2)12-4-5-13(7-11(15)16)10(14)6-12/h9H,3-8H2,1-2H3,(H,15,16)/t9-/m0/s1. The predicted octanol–water partition coefficient (Wildman–Crippen LogP) is 0.357. The molecule has 0 saturated carbocycles. The third kappa shape index (κ3) is 4.55. The van der Waals surface area contributed by atoms with Crippen molar-refractivity contribution in [1.82, 2.24) is 9.80 Å². The van der Waals surface area contributed by atoms with E-state index in [1.165, 1.54) is 4.90 Å². The Balaban J connectivity index is 2.40. The molecule has 1 amide bonds. The van der Waals surface area contributed by atoms with Crippen LogP contribution >= 0.6 is 11.8 Å². The van der Waals surface area contributed by atoms with Crippen molar-refractivity contribution in [3.05, 3.63) is 0 Å².